The predicted molar refractivity (Wildman–Crippen MR) is 72.5 cm³/mol. The molecule has 100 valence electrons. The summed E-state index contributed by atoms with van der Waals surface area (Å²) in [4.78, 5) is 14.3. The average molecular weight is 260 g/mol. The Kier molecular flexibility index (Phi) is 5.76. The number of esters is 1. The van der Waals surface area contributed by atoms with Crippen LogP contribution in [-0.2, 0) is 9.53 Å². The number of carbonyl (C=O) groups excluding carboxylic acids is 1. The van der Waals surface area contributed by atoms with Gasteiger partial charge in [0.1, 0.15) is 5.54 Å². The van der Waals surface area contributed by atoms with Crippen LogP contribution >= 0.6 is 11.8 Å². The molecule has 0 aromatic heterocycles. The van der Waals surface area contributed by atoms with Gasteiger partial charge in [0.05, 0.1) is 6.61 Å². The van der Waals surface area contributed by atoms with Crippen molar-refractivity contribution >= 4 is 17.7 Å². The molecule has 0 aliphatic carbocycles. The maximum Gasteiger partial charge on any atom is 0.327 e. The van der Waals surface area contributed by atoms with E-state index in [-0.39, 0.29) is 11.2 Å². The van der Waals surface area contributed by atoms with Gasteiger partial charge < -0.3 is 9.64 Å². The van der Waals surface area contributed by atoms with Gasteiger partial charge in [-0.05, 0) is 33.2 Å². The van der Waals surface area contributed by atoms with E-state index in [2.05, 4.69) is 17.1 Å². The van der Waals surface area contributed by atoms with Crippen LogP contribution in [0.25, 0.3) is 0 Å². The summed E-state index contributed by atoms with van der Waals surface area (Å²) in [6, 6.07) is 0. The van der Waals surface area contributed by atoms with E-state index in [1.165, 1.54) is 0 Å². The number of hydrogen-bond donors (Lipinski definition) is 1. The molecule has 5 heteroatoms. The molecule has 1 saturated heterocycles. The normalized spacial score (nSPS) is 28.6. The van der Waals surface area contributed by atoms with E-state index in [4.69, 9.17) is 4.74 Å². The SMILES string of the molecule is CCOC(=O)C1(NCCN(C)C)CCSC1C. The van der Waals surface area contributed by atoms with E-state index in [0.29, 0.717) is 6.61 Å². The van der Waals surface area contributed by atoms with Gasteiger partial charge in [-0.1, -0.05) is 6.92 Å². The molecule has 0 saturated carbocycles. The van der Waals surface area contributed by atoms with Crippen molar-refractivity contribution < 1.29 is 9.53 Å². The fourth-order valence-electron chi connectivity index (χ4n) is 2.08. The highest BCUT2D eigenvalue weighted by atomic mass is 32.2. The zero-order valence-corrected chi connectivity index (χ0v) is 12.1. The number of nitrogens with zero attached hydrogens (tertiary/aromatic N) is 1. The van der Waals surface area contributed by atoms with Gasteiger partial charge in [-0.25, -0.2) is 0 Å². The van der Waals surface area contributed by atoms with Gasteiger partial charge >= 0.3 is 5.97 Å². The van der Waals surface area contributed by atoms with Crippen molar-refractivity contribution in [1.82, 2.24) is 10.2 Å². The van der Waals surface area contributed by atoms with Crippen molar-refractivity contribution in [3.05, 3.63) is 0 Å². The number of thioether (sulfide) groups is 1. The number of carbonyl (C=O) groups is 1. The first-order valence-electron chi connectivity index (χ1n) is 6.21. The molecule has 0 aromatic rings. The minimum atomic E-state index is -0.476. The van der Waals surface area contributed by atoms with E-state index < -0.39 is 5.54 Å². The van der Waals surface area contributed by atoms with Gasteiger partial charge in [0.25, 0.3) is 0 Å². The highest BCUT2D eigenvalue weighted by molar-refractivity contribution is 8.00. The maximum atomic E-state index is 12.1. The van der Waals surface area contributed by atoms with Crippen LogP contribution in [0.2, 0.25) is 0 Å². The Hall–Kier alpha value is -0.260. The number of hydrogen-bond acceptors (Lipinski definition) is 5. The molecule has 0 radical (unpaired) electrons. The van der Waals surface area contributed by atoms with Gasteiger partial charge in [0.2, 0.25) is 0 Å². The minimum absolute atomic E-state index is 0.0868. The van der Waals surface area contributed by atoms with Crippen LogP contribution in [0, 0.1) is 0 Å². The first kappa shape index (κ1) is 14.8. The number of ether oxygens (including phenoxy) is 1. The van der Waals surface area contributed by atoms with E-state index in [0.717, 1.165) is 25.3 Å². The molecule has 1 rings (SSSR count). The number of rotatable bonds is 6. The maximum absolute atomic E-state index is 12.1. The number of likely N-dealkylation sites (N-methyl/N-ethyl adjacent to an activating group) is 1. The second kappa shape index (κ2) is 6.61. The lowest BCUT2D eigenvalue weighted by Gasteiger charge is -2.32. The van der Waals surface area contributed by atoms with Crippen LogP contribution in [0.15, 0.2) is 0 Å². The summed E-state index contributed by atoms with van der Waals surface area (Å²) in [6.07, 6.45) is 0.866. The Morgan fingerprint density at radius 1 is 1.59 bits per heavy atom. The molecule has 1 N–H and O–H groups in total. The molecular formula is C12H24N2O2S. The lowest BCUT2D eigenvalue weighted by Crippen LogP contribution is -2.58. The van der Waals surface area contributed by atoms with Gasteiger partial charge in [-0.3, -0.25) is 10.1 Å². The van der Waals surface area contributed by atoms with Crippen molar-refractivity contribution in [3.8, 4) is 0 Å². The zero-order chi connectivity index (χ0) is 12.9. The van der Waals surface area contributed by atoms with Crippen molar-refractivity contribution in [2.45, 2.75) is 31.1 Å². The molecule has 0 bridgehead atoms. The van der Waals surface area contributed by atoms with Crippen LogP contribution in [-0.4, -0.2) is 61.2 Å². The van der Waals surface area contributed by atoms with E-state index in [1.54, 1.807) is 0 Å². The smallest absolute Gasteiger partial charge is 0.327 e. The second-order valence-corrected chi connectivity index (χ2v) is 6.13. The van der Waals surface area contributed by atoms with E-state index >= 15 is 0 Å². The molecule has 1 aliphatic rings. The highest BCUT2D eigenvalue weighted by Crippen LogP contribution is 2.36. The van der Waals surface area contributed by atoms with Gasteiger partial charge in [0, 0.05) is 18.3 Å². The highest BCUT2D eigenvalue weighted by Gasteiger charge is 2.48. The van der Waals surface area contributed by atoms with Crippen LogP contribution in [0.3, 0.4) is 0 Å². The van der Waals surface area contributed by atoms with Gasteiger partial charge in [-0.15, -0.1) is 0 Å². The Balaban J connectivity index is 2.63. The van der Waals surface area contributed by atoms with Crippen LogP contribution in [0.1, 0.15) is 20.3 Å². The lowest BCUT2D eigenvalue weighted by molar-refractivity contribution is -0.151. The van der Waals surface area contributed by atoms with Gasteiger partial charge in [0.15, 0.2) is 0 Å². The van der Waals surface area contributed by atoms with Crippen LogP contribution < -0.4 is 5.32 Å². The van der Waals surface area contributed by atoms with Crippen molar-refractivity contribution in [3.63, 3.8) is 0 Å². The third kappa shape index (κ3) is 3.60. The molecule has 2 atom stereocenters. The summed E-state index contributed by atoms with van der Waals surface area (Å²) >= 11 is 1.84. The molecular weight excluding hydrogens is 236 g/mol. The summed E-state index contributed by atoms with van der Waals surface area (Å²) in [5, 5.41) is 3.70. The third-order valence-corrected chi connectivity index (χ3v) is 4.54. The summed E-state index contributed by atoms with van der Waals surface area (Å²) in [5.74, 6) is 0.936. The summed E-state index contributed by atoms with van der Waals surface area (Å²) in [5.41, 5.74) is -0.476. The van der Waals surface area contributed by atoms with E-state index in [9.17, 15) is 4.79 Å². The molecule has 2 unspecified atom stereocenters. The van der Waals surface area contributed by atoms with E-state index in [1.807, 2.05) is 32.8 Å². The first-order valence-corrected chi connectivity index (χ1v) is 7.26. The standard InChI is InChI=1S/C12H24N2O2S/c1-5-16-11(15)12(6-9-17-10(12)2)13-7-8-14(3)4/h10,13H,5-9H2,1-4H3. The fourth-order valence-corrected chi connectivity index (χ4v) is 3.45. The van der Waals surface area contributed by atoms with Crippen molar-refractivity contribution in [1.29, 1.82) is 0 Å². The quantitative estimate of drug-likeness (QED) is 0.721. The molecule has 1 heterocycles. The molecule has 1 fully saturated rings. The third-order valence-electron chi connectivity index (χ3n) is 3.20. The van der Waals surface area contributed by atoms with Crippen molar-refractivity contribution in [2.75, 3.05) is 39.5 Å². The molecule has 0 amide bonds. The molecule has 1 aliphatic heterocycles. The first-order chi connectivity index (χ1) is 8.03. The monoisotopic (exact) mass is 260 g/mol. The largest absolute Gasteiger partial charge is 0.465 e. The van der Waals surface area contributed by atoms with Gasteiger partial charge in [-0.2, -0.15) is 11.8 Å². The Morgan fingerprint density at radius 2 is 2.29 bits per heavy atom. The Morgan fingerprint density at radius 3 is 2.76 bits per heavy atom. The molecule has 17 heavy (non-hydrogen) atoms. The van der Waals surface area contributed by atoms with Crippen molar-refractivity contribution in [2.24, 2.45) is 0 Å². The van der Waals surface area contributed by atoms with Crippen LogP contribution in [0.5, 0.6) is 0 Å². The molecule has 4 nitrogen and oxygen atoms in total. The predicted octanol–water partition coefficient (Wildman–Crippen LogP) is 0.965. The topological polar surface area (TPSA) is 41.6 Å². The second-order valence-electron chi connectivity index (χ2n) is 4.68. The summed E-state index contributed by atoms with van der Waals surface area (Å²) in [6.45, 7) is 6.16. The van der Waals surface area contributed by atoms with Crippen LogP contribution in [0.4, 0.5) is 0 Å². The zero-order valence-electron chi connectivity index (χ0n) is 11.3. The number of nitrogens with one attached hydrogen (secondary N) is 1. The summed E-state index contributed by atoms with van der Waals surface area (Å²) in [7, 11) is 4.07. The summed E-state index contributed by atoms with van der Waals surface area (Å²) < 4.78 is 5.23. The Bertz CT molecular complexity index is 261. The molecule has 0 aromatic carbocycles. The Labute approximate surface area is 108 Å². The fraction of sp³-hybridized carbons (Fsp3) is 0.917. The lowest BCUT2D eigenvalue weighted by atomic mass is 9.92. The molecule has 0 spiro atoms. The minimum Gasteiger partial charge on any atom is -0.465 e. The average Bonchev–Trinajstić information content (AvgIpc) is 2.61.